The van der Waals surface area contributed by atoms with Gasteiger partial charge in [0.25, 0.3) is 0 Å². The van der Waals surface area contributed by atoms with Crippen molar-refractivity contribution in [1.29, 1.82) is 0 Å². The van der Waals surface area contributed by atoms with E-state index in [9.17, 15) is 0 Å². The van der Waals surface area contributed by atoms with Gasteiger partial charge in [-0.1, -0.05) is 19.1 Å². The first-order valence-corrected chi connectivity index (χ1v) is 5.21. The van der Waals surface area contributed by atoms with E-state index in [4.69, 9.17) is 0 Å². The summed E-state index contributed by atoms with van der Waals surface area (Å²) < 4.78 is 0. The Morgan fingerprint density at radius 2 is 2.00 bits per heavy atom. The first kappa shape index (κ1) is 13.2. The van der Waals surface area contributed by atoms with E-state index in [2.05, 4.69) is 34.6 Å². The summed E-state index contributed by atoms with van der Waals surface area (Å²) >= 11 is 0. The summed E-state index contributed by atoms with van der Waals surface area (Å²) in [5.41, 5.74) is 0. The van der Waals surface area contributed by atoms with Gasteiger partial charge in [0.15, 0.2) is 0 Å². The summed E-state index contributed by atoms with van der Waals surface area (Å²) in [4.78, 5) is 2.39. The standard InChI is InChI=1S/C11H23N3/c1-4-14(11-9-13-3)10-7-5-6-8-12-2/h5-8,12-13H,4,9-11H2,1-3H3/b7-5-,8-6-. The van der Waals surface area contributed by atoms with Crippen molar-refractivity contribution in [3.63, 3.8) is 0 Å². The molecule has 0 bridgehead atoms. The third kappa shape index (κ3) is 7.83. The highest BCUT2D eigenvalue weighted by molar-refractivity contribution is 5.02. The number of nitrogens with zero attached hydrogens (tertiary/aromatic N) is 1. The summed E-state index contributed by atoms with van der Waals surface area (Å²) in [7, 11) is 3.88. The van der Waals surface area contributed by atoms with Crippen LogP contribution in [0.4, 0.5) is 0 Å². The second-order valence-electron chi connectivity index (χ2n) is 3.07. The smallest absolute Gasteiger partial charge is 0.0166 e. The van der Waals surface area contributed by atoms with Crippen molar-refractivity contribution in [3.8, 4) is 0 Å². The van der Waals surface area contributed by atoms with Gasteiger partial charge in [0, 0.05) is 26.7 Å². The highest BCUT2D eigenvalue weighted by Crippen LogP contribution is 1.87. The normalized spacial score (nSPS) is 12.0. The van der Waals surface area contributed by atoms with Gasteiger partial charge in [0.2, 0.25) is 0 Å². The molecule has 0 unspecified atom stereocenters. The van der Waals surface area contributed by atoms with Gasteiger partial charge in [-0.3, -0.25) is 4.90 Å². The lowest BCUT2D eigenvalue weighted by atomic mass is 10.4. The lowest BCUT2D eigenvalue weighted by molar-refractivity contribution is 0.320. The Balaban J connectivity index is 3.60. The Morgan fingerprint density at radius 1 is 1.21 bits per heavy atom. The summed E-state index contributed by atoms with van der Waals surface area (Å²) in [6.45, 7) is 6.46. The first-order valence-electron chi connectivity index (χ1n) is 5.21. The molecule has 82 valence electrons. The van der Waals surface area contributed by atoms with Crippen LogP contribution in [-0.4, -0.2) is 45.2 Å². The molecule has 0 saturated carbocycles. The predicted octanol–water partition coefficient (Wildman–Crippen LogP) is 0.817. The molecule has 14 heavy (non-hydrogen) atoms. The molecule has 0 spiro atoms. The van der Waals surface area contributed by atoms with E-state index < -0.39 is 0 Å². The highest BCUT2D eigenvalue weighted by atomic mass is 15.1. The zero-order valence-electron chi connectivity index (χ0n) is 9.59. The summed E-state index contributed by atoms with van der Waals surface area (Å²) in [6.07, 6.45) is 8.16. The fourth-order valence-electron chi connectivity index (χ4n) is 1.09. The number of rotatable bonds is 8. The van der Waals surface area contributed by atoms with E-state index in [1.165, 1.54) is 0 Å². The molecule has 0 saturated heterocycles. The fraction of sp³-hybridized carbons (Fsp3) is 0.636. The molecule has 0 aromatic heterocycles. The van der Waals surface area contributed by atoms with Gasteiger partial charge in [-0.05, 0) is 25.9 Å². The van der Waals surface area contributed by atoms with Gasteiger partial charge >= 0.3 is 0 Å². The Morgan fingerprint density at radius 3 is 2.57 bits per heavy atom. The molecule has 3 heteroatoms. The Hall–Kier alpha value is -0.800. The van der Waals surface area contributed by atoms with Crippen LogP contribution in [0.5, 0.6) is 0 Å². The Bertz CT molecular complexity index is 164. The summed E-state index contributed by atoms with van der Waals surface area (Å²) in [5, 5.41) is 6.10. The molecule has 0 radical (unpaired) electrons. The maximum atomic E-state index is 3.15. The molecule has 0 amide bonds. The van der Waals surface area contributed by atoms with E-state index in [0.717, 1.165) is 26.2 Å². The van der Waals surface area contributed by atoms with Crippen LogP contribution in [0.15, 0.2) is 24.4 Å². The van der Waals surface area contributed by atoms with E-state index in [1.54, 1.807) is 0 Å². The SMILES string of the molecule is CCN(C/C=C\C=C/NC)CCNC. The van der Waals surface area contributed by atoms with Crippen molar-refractivity contribution < 1.29 is 0 Å². The van der Waals surface area contributed by atoms with Crippen LogP contribution >= 0.6 is 0 Å². The van der Waals surface area contributed by atoms with Gasteiger partial charge in [0.05, 0.1) is 0 Å². The maximum absolute atomic E-state index is 3.15. The van der Waals surface area contributed by atoms with E-state index in [1.807, 2.05) is 26.4 Å². The van der Waals surface area contributed by atoms with Gasteiger partial charge in [0.1, 0.15) is 0 Å². The molecule has 0 aliphatic rings. The van der Waals surface area contributed by atoms with Gasteiger partial charge in [-0.15, -0.1) is 0 Å². The minimum absolute atomic E-state index is 1.02. The van der Waals surface area contributed by atoms with Crippen LogP contribution in [0.3, 0.4) is 0 Å². The van der Waals surface area contributed by atoms with Gasteiger partial charge in [-0.25, -0.2) is 0 Å². The average molecular weight is 197 g/mol. The largest absolute Gasteiger partial charge is 0.394 e. The lowest BCUT2D eigenvalue weighted by Crippen LogP contribution is -2.30. The second kappa shape index (κ2) is 10.3. The van der Waals surface area contributed by atoms with Crippen LogP contribution in [0.2, 0.25) is 0 Å². The molecule has 3 nitrogen and oxygen atoms in total. The number of allylic oxidation sites excluding steroid dienone is 2. The number of hydrogen-bond acceptors (Lipinski definition) is 3. The zero-order chi connectivity index (χ0) is 10.6. The molecule has 0 atom stereocenters. The third-order valence-electron chi connectivity index (χ3n) is 2.00. The van der Waals surface area contributed by atoms with Crippen LogP contribution in [-0.2, 0) is 0 Å². The third-order valence-corrected chi connectivity index (χ3v) is 2.00. The quantitative estimate of drug-likeness (QED) is 0.564. The summed E-state index contributed by atoms with van der Waals surface area (Å²) in [6, 6.07) is 0. The molecule has 0 aliphatic heterocycles. The molecule has 0 fully saturated rings. The van der Waals surface area contributed by atoms with Crippen molar-refractivity contribution in [2.24, 2.45) is 0 Å². The maximum Gasteiger partial charge on any atom is 0.0166 e. The Kier molecular flexibility index (Phi) is 9.69. The molecule has 0 rings (SSSR count). The molecule has 0 aromatic carbocycles. The van der Waals surface area contributed by atoms with E-state index in [-0.39, 0.29) is 0 Å². The van der Waals surface area contributed by atoms with Gasteiger partial charge in [-0.2, -0.15) is 0 Å². The van der Waals surface area contributed by atoms with Crippen molar-refractivity contribution in [2.45, 2.75) is 6.92 Å². The van der Waals surface area contributed by atoms with Crippen LogP contribution < -0.4 is 10.6 Å². The molecular formula is C11H23N3. The second-order valence-corrected chi connectivity index (χ2v) is 3.07. The minimum atomic E-state index is 1.02. The monoisotopic (exact) mass is 197 g/mol. The van der Waals surface area contributed by atoms with E-state index in [0.29, 0.717) is 0 Å². The molecule has 0 aromatic rings. The number of hydrogen-bond donors (Lipinski definition) is 2. The van der Waals surface area contributed by atoms with Crippen LogP contribution in [0.25, 0.3) is 0 Å². The molecular weight excluding hydrogens is 174 g/mol. The van der Waals surface area contributed by atoms with Crippen LogP contribution in [0.1, 0.15) is 6.92 Å². The predicted molar refractivity (Wildman–Crippen MR) is 63.4 cm³/mol. The first-order chi connectivity index (χ1) is 6.85. The average Bonchev–Trinajstić information content (AvgIpc) is 2.22. The number of likely N-dealkylation sites (N-methyl/N-ethyl adjacent to an activating group) is 2. The zero-order valence-corrected chi connectivity index (χ0v) is 9.59. The fourth-order valence-corrected chi connectivity index (χ4v) is 1.09. The van der Waals surface area contributed by atoms with Crippen molar-refractivity contribution in [1.82, 2.24) is 15.5 Å². The van der Waals surface area contributed by atoms with Crippen molar-refractivity contribution in [3.05, 3.63) is 24.4 Å². The minimum Gasteiger partial charge on any atom is -0.394 e. The van der Waals surface area contributed by atoms with Crippen molar-refractivity contribution in [2.75, 3.05) is 40.3 Å². The highest BCUT2D eigenvalue weighted by Gasteiger charge is 1.96. The lowest BCUT2D eigenvalue weighted by Gasteiger charge is -2.17. The van der Waals surface area contributed by atoms with Crippen molar-refractivity contribution >= 4 is 0 Å². The Labute approximate surface area is 87.9 Å². The van der Waals surface area contributed by atoms with Crippen LogP contribution in [0, 0.1) is 0 Å². The topological polar surface area (TPSA) is 27.3 Å². The molecule has 2 N–H and O–H groups in total. The van der Waals surface area contributed by atoms with Gasteiger partial charge < -0.3 is 10.6 Å². The van der Waals surface area contributed by atoms with E-state index >= 15 is 0 Å². The molecule has 0 heterocycles. The molecule has 0 aliphatic carbocycles. The summed E-state index contributed by atoms with van der Waals surface area (Å²) in [5.74, 6) is 0. The number of nitrogens with one attached hydrogen (secondary N) is 2.